The lowest BCUT2D eigenvalue weighted by Gasteiger charge is -2.26. The second kappa shape index (κ2) is 6.32. The molecule has 1 saturated heterocycles. The molecule has 2 N–H and O–H groups in total. The number of hydrogen-bond acceptors (Lipinski definition) is 5. The molecule has 114 valence electrons. The summed E-state index contributed by atoms with van der Waals surface area (Å²) in [6, 6.07) is 5.89. The largest absolute Gasteiger partial charge is 0.497 e. The number of nitrogens with two attached hydrogens (primary N) is 1. The van der Waals surface area contributed by atoms with Crippen molar-refractivity contribution in [3.63, 3.8) is 0 Å². The maximum Gasteiger partial charge on any atom is 0.201 e. The van der Waals surface area contributed by atoms with Gasteiger partial charge in [0.25, 0.3) is 0 Å². The molecule has 3 rings (SSSR count). The highest BCUT2D eigenvalue weighted by atomic mass is 16.5. The van der Waals surface area contributed by atoms with Crippen molar-refractivity contribution in [1.82, 2.24) is 14.5 Å². The number of imidazole rings is 1. The molecule has 1 aliphatic rings. The standard InChI is InChI=1S/C15H22N4O2/c1-20-12-3-4-14-13(11-12)17-15(16)19(14)6-2-5-18-7-9-21-10-8-18/h3-4,11H,2,5-10H2,1H3,(H2,16,17). The molecule has 2 heterocycles. The Bertz CT molecular complexity index is 605. The summed E-state index contributed by atoms with van der Waals surface area (Å²) in [7, 11) is 1.66. The topological polar surface area (TPSA) is 65.5 Å². The van der Waals surface area contributed by atoms with E-state index in [4.69, 9.17) is 15.2 Å². The van der Waals surface area contributed by atoms with Crippen LogP contribution in [0.15, 0.2) is 18.2 Å². The first-order valence-electron chi connectivity index (χ1n) is 7.38. The van der Waals surface area contributed by atoms with E-state index in [2.05, 4.69) is 14.5 Å². The lowest BCUT2D eigenvalue weighted by molar-refractivity contribution is 0.0370. The van der Waals surface area contributed by atoms with Gasteiger partial charge in [0.1, 0.15) is 5.75 Å². The Kier molecular flexibility index (Phi) is 4.26. The van der Waals surface area contributed by atoms with E-state index in [-0.39, 0.29) is 0 Å². The molecule has 0 amide bonds. The Hall–Kier alpha value is -1.79. The van der Waals surface area contributed by atoms with Crippen molar-refractivity contribution in [2.24, 2.45) is 0 Å². The van der Waals surface area contributed by atoms with Gasteiger partial charge in [-0.15, -0.1) is 0 Å². The molecule has 0 radical (unpaired) electrons. The SMILES string of the molecule is COc1ccc2c(c1)nc(N)n2CCCN1CCOCC1. The van der Waals surface area contributed by atoms with Crippen molar-refractivity contribution in [1.29, 1.82) is 0 Å². The number of aromatic nitrogens is 2. The third-order valence-electron chi connectivity index (χ3n) is 3.94. The highest BCUT2D eigenvalue weighted by molar-refractivity contribution is 5.79. The number of aryl methyl sites for hydroxylation is 1. The van der Waals surface area contributed by atoms with Crippen molar-refractivity contribution in [2.75, 3.05) is 45.7 Å². The average molecular weight is 290 g/mol. The smallest absolute Gasteiger partial charge is 0.201 e. The van der Waals surface area contributed by atoms with E-state index < -0.39 is 0 Å². The number of benzene rings is 1. The van der Waals surface area contributed by atoms with Crippen molar-refractivity contribution in [3.8, 4) is 5.75 Å². The van der Waals surface area contributed by atoms with Crippen molar-refractivity contribution < 1.29 is 9.47 Å². The molecule has 1 aromatic carbocycles. The Labute approximate surface area is 124 Å². The fourth-order valence-electron chi connectivity index (χ4n) is 2.77. The molecule has 0 atom stereocenters. The van der Waals surface area contributed by atoms with Gasteiger partial charge in [0.15, 0.2) is 0 Å². The quantitative estimate of drug-likeness (QED) is 0.900. The third kappa shape index (κ3) is 3.11. The van der Waals surface area contributed by atoms with Gasteiger partial charge in [-0.25, -0.2) is 4.98 Å². The van der Waals surface area contributed by atoms with Crippen LogP contribution in [0.3, 0.4) is 0 Å². The molecule has 0 bridgehead atoms. The minimum atomic E-state index is 0.570. The molecular formula is C15H22N4O2. The number of nitrogen functional groups attached to an aromatic ring is 1. The van der Waals surface area contributed by atoms with Crippen LogP contribution in [-0.2, 0) is 11.3 Å². The van der Waals surface area contributed by atoms with Crippen LogP contribution in [0, 0.1) is 0 Å². The number of methoxy groups -OCH3 is 1. The monoisotopic (exact) mass is 290 g/mol. The number of fused-ring (bicyclic) bond motifs is 1. The van der Waals surface area contributed by atoms with Crippen molar-refractivity contribution in [3.05, 3.63) is 18.2 Å². The van der Waals surface area contributed by atoms with Crippen LogP contribution in [0.5, 0.6) is 5.75 Å². The van der Waals surface area contributed by atoms with Gasteiger partial charge in [-0.2, -0.15) is 0 Å². The van der Waals surface area contributed by atoms with Gasteiger partial charge in [0.2, 0.25) is 5.95 Å². The molecule has 0 aliphatic carbocycles. The molecular weight excluding hydrogens is 268 g/mol. The van der Waals surface area contributed by atoms with Crippen LogP contribution >= 0.6 is 0 Å². The summed E-state index contributed by atoms with van der Waals surface area (Å²) >= 11 is 0. The number of rotatable bonds is 5. The van der Waals surface area contributed by atoms with Crippen LogP contribution < -0.4 is 10.5 Å². The van der Waals surface area contributed by atoms with Gasteiger partial charge in [-0.05, 0) is 18.6 Å². The number of hydrogen-bond donors (Lipinski definition) is 1. The van der Waals surface area contributed by atoms with Crippen molar-refractivity contribution >= 4 is 17.0 Å². The molecule has 6 heteroatoms. The van der Waals surface area contributed by atoms with E-state index in [1.807, 2.05) is 18.2 Å². The second-order valence-corrected chi connectivity index (χ2v) is 5.28. The predicted molar refractivity (Wildman–Crippen MR) is 82.6 cm³/mol. The summed E-state index contributed by atoms with van der Waals surface area (Å²) in [6.45, 7) is 5.69. The van der Waals surface area contributed by atoms with E-state index in [0.717, 1.165) is 62.6 Å². The second-order valence-electron chi connectivity index (χ2n) is 5.28. The summed E-state index contributed by atoms with van der Waals surface area (Å²) in [5.74, 6) is 1.38. The Morgan fingerprint density at radius 1 is 1.29 bits per heavy atom. The van der Waals surface area contributed by atoms with E-state index >= 15 is 0 Å². The number of ether oxygens (including phenoxy) is 2. The number of nitrogens with zero attached hydrogens (tertiary/aromatic N) is 3. The number of anilines is 1. The lowest BCUT2D eigenvalue weighted by Crippen LogP contribution is -2.37. The number of morpholine rings is 1. The van der Waals surface area contributed by atoms with Gasteiger partial charge >= 0.3 is 0 Å². The molecule has 0 spiro atoms. The lowest BCUT2D eigenvalue weighted by atomic mass is 10.3. The average Bonchev–Trinajstić information content (AvgIpc) is 2.83. The van der Waals surface area contributed by atoms with E-state index in [9.17, 15) is 0 Å². The molecule has 1 aliphatic heterocycles. The zero-order valence-electron chi connectivity index (χ0n) is 12.4. The van der Waals surface area contributed by atoms with E-state index in [1.54, 1.807) is 7.11 Å². The van der Waals surface area contributed by atoms with E-state index in [0.29, 0.717) is 5.95 Å². The van der Waals surface area contributed by atoms with Crippen LogP contribution in [-0.4, -0.2) is 54.4 Å². The summed E-state index contributed by atoms with van der Waals surface area (Å²) in [5, 5.41) is 0. The molecule has 6 nitrogen and oxygen atoms in total. The normalized spacial score (nSPS) is 16.4. The zero-order chi connectivity index (χ0) is 14.7. The Balaban J connectivity index is 1.67. The predicted octanol–water partition coefficient (Wildman–Crippen LogP) is 1.35. The van der Waals surface area contributed by atoms with Crippen LogP contribution in [0.1, 0.15) is 6.42 Å². The van der Waals surface area contributed by atoms with Gasteiger partial charge in [0.05, 0.1) is 31.4 Å². The minimum Gasteiger partial charge on any atom is -0.497 e. The zero-order valence-corrected chi connectivity index (χ0v) is 12.4. The van der Waals surface area contributed by atoms with E-state index in [1.165, 1.54) is 0 Å². The highest BCUT2D eigenvalue weighted by Gasteiger charge is 2.12. The fourth-order valence-corrected chi connectivity index (χ4v) is 2.77. The fraction of sp³-hybridized carbons (Fsp3) is 0.533. The minimum absolute atomic E-state index is 0.570. The first-order chi connectivity index (χ1) is 10.3. The molecule has 1 fully saturated rings. The van der Waals surface area contributed by atoms with Crippen LogP contribution in [0.4, 0.5) is 5.95 Å². The maximum atomic E-state index is 6.04. The Morgan fingerprint density at radius 2 is 2.10 bits per heavy atom. The maximum absolute atomic E-state index is 6.04. The molecule has 21 heavy (non-hydrogen) atoms. The van der Waals surface area contributed by atoms with Gasteiger partial charge in [0, 0.05) is 32.2 Å². The Morgan fingerprint density at radius 3 is 2.86 bits per heavy atom. The third-order valence-corrected chi connectivity index (χ3v) is 3.94. The summed E-state index contributed by atoms with van der Waals surface area (Å²) < 4.78 is 12.7. The van der Waals surface area contributed by atoms with Crippen LogP contribution in [0.25, 0.3) is 11.0 Å². The molecule has 0 unspecified atom stereocenters. The van der Waals surface area contributed by atoms with Gasteiger partial charge in [-0.1, -0.05) is 0 Å². The van der Waals surface area contributed by atoms with Crippen molar-refractivity contribution in [2.45, 2.75) is 13.0 Å². The molecule has 0 saturated carbocycles. The summed E-state index contributed by atoms with van der Waals surface area (Å²) in [4.78, 5) is 6.85. The van der Waals surface area contributed by atoms with Gasteiger partial charge < -0.3 is 19.8 Å². The molecule has 1 aromatic heterocycles. The van der Waals surface area contributed by atoms with Gasteiger partial charge in [-0.3, -0.25) is 4.90 Å². The van der Waals surface area contributed by atoms with Crippen LogP contribution in [0.2, 0.25) is 0 Å². The highest BCUT2D eigenvalue weighted by Crippen LogP contribution is 2.23. The summed E-state index contributed by atoms with van der Waals surface area (Å²) in [6.07, 6.45) is 1.06. The molecule has 2 aromatic rings. The first-order valence-corrected chi connectivity index (χ1v) is 7.38. The first kappa shape index (κ1) is 14.2. The summed E-state index contributed by atoms with van der Waals surface area (Å²) in [5.41, 5.74) is 7.99.